The van der Waals surface area contributed by atoms with Crippen LogP contribution >= 0.6 is 0 Å². The van der Waals surface area contributed by atoms with E-state index in [-0.39, 0.29) is 35.0 Å². The Morgan fingerprint density at radius 3 is 2.71 bits per heavy atom. The number of aryl methyl sites for hydroxylation is 1. The zero-order valence-electron chi connectivity index (χ0n) is 16.7. The SMILES string of the molecule is Cn1cc(Oc2c(F)cc(COc3cc4n(c(=O)n3)CC35CC(CN43)C5)cc2F)cn1. The molecule has 1 spiro atoms. The van der Waals surface area contributed by atoms with Crippen molar-refractivity contribution in [2.75, 3.05) is 11.4 Å². The summed E-state index contributed by atoms with van der Waals surface area (Å²) in [6.07, 6.45) is 5.08. The fraction of sp³-hybridized carbons (Fsp3) is 0.381. The molecule has 0 radical (unpaired) electrons. The quantitative estimate of drug-likeness (QED) is 0.623. The van der Waals surface area contributed by atoms with Gasteiger partial charge in [0.05, 0.1) is 24.5 Å². The molecular formula is C21H19F2N5O3. The van der Waals surface area contributed by atoms with Crippen molar-refractivity contribution in [3.05, 3.63) is 58.3 Å². The largest absolute Gasteiger partial charge is 0.473 e. The van der Waals surface area contributed by atoms with Gasteiger partial charge in [0.25, 0.3) is 0 Å². The van der Waals surface area contributed by atoms with Gasteiger partial charge < -0.3 is 14.4 Å². The lowest BCUT2D eigenvalue weighted by atomic mass is 9.74. The van der Waals surface area contributed by atoms with Crippen molar-refractivity contribution in [1.82, 2.24) is 19.3 Å². The van der Waals surface area contributed by atoms with E-state index in [0.717, 1.165) is 37.3 Å². The summed E-state index contributed by atoms with van der Waals surface area (Å²) in [5, 5.41) is 3.90. The second-order valence-corrected chi connectivity index (χ2v) is 8.56. The number of fused-ring (bicyclic) bond motifs is 1. The molecule has 0 amide bonds. The van der Waals surface area contributed by atoms with Gasteiger partial charge in [-0.25, -0.2) is 13.6 Å². The van der Waals surface area contributed by atoms with Crippen LogP contribution in [0, 0.1) is 17.6 Å². The first-order chi connectivity index (χ1) is 14.9. The van der Waals surface area contributed by atoms with Gasteiger partial charge in [-0.3, -0.25) is 9.25 Å². The van der Waals surface area contributed by atoms with Crippen molar-refractivity contribution in [3.8, 4) is 17.4 Å². The molecule has 2 saturated heterocycles. The van der Waals surface area contributed by atoms with E-state index in [9.17, 15) is 13.6 Å². The lowest BCUT2D eigenvalue weighted by Gasteiger charge is -2.37. The summed E-state index contributed by atoms with van der Waals surface area (Å²) in [5.74, 6) is -0.346. The number of halogens is 2. The first-order valence-corrected chi connectivity index (χ1v) is 10.1. The highest BCUT2D eigenvalue weighted by Gasteiger charge is 2.60. The average Bonchev–Trinajstić information content (AvgIpc) is 3.42. The lowest BCUT2D eigenvalue weighted by Crippen LogP contribution is -2.44. The van der Waals surface area contributed by atoms with Crippen molar-refractivity contribution in [2.24, 2.45) is 13.0 Å². The Labute approximate surface area is 175 Å². The van der Waals surface area contributed by atoms with Gasteiger partial charge in [-0.15, -0.1) is 0 Å². The Kier molecular flexibility index (Phi) is 3.72. The molecule has 10 heteroatoms. The molecule has 3 aromatic rings. The Morgan fingerprint density at radius 2 is 2.00 bits per heavy atom. The predicted molar refractivity (Wildman–Crippen MR) is 105 cm³/mol. The summed E-state index contributed by atoms with van der Waals surface area (Å²) < 4.78 is 42.9. The molecule has 2 bridgehead atoms. The van der Waals surface area contributed by atoms with E-state index in [1.807, 2.05) is 0 Å². The molecule has 31 heavy (non-hydrogen) atoms. The molecule has 2 aromatic heterocycles. The third kappa shape index (κ3) is 2.81. The van der Waals surface area contributed by atoms with Crippen molar-refractivity contribution in [2.45, 2.75) is 31.5 Å². The van der Waals surface area contributed by atoms with Crippen molar-refractivity contribution >= 4 is 5.82 Å². The molecule has 1 saturated carbocycles. The summed E-state index contributed by atoms with van der Waals surface area (Å²) in [7, 11) is 1.67. The first-order valence-electron chi connectivity index (χ1n) is 10.1. The van der Waals surface area contributed by atoms with E-state index < -0.39 is 17.4 Å². The molecule has 3 aliphatic heterocycles. The van der Waals surface area contributed by atoms with E-state index in [4.69, 9.17) is 9.47 Å². The van der Waals surface area contributed by atoms with Gasteiger partial charge in [0.1, 0.15) is 12.4 Å². The normalized spacial score (nSPS) is 22.8. The molecule has 0 N–H and O–H groups in total. The minimum atomic E-state index is -0.858. The molecule has 8 nitrogen and oxygen atoms in total. The van der Waals surface area contributed by atoms with E-state index >= 15 is 0 Å². The third-order valence-electron chi connectivity index (χ3n) is 6.39. The van der Waals surface area contributed by atoms with Crippen LogP contribution in [0.4, 0.5) is 14.6 Å². The highest BCUT2D eigenvalue weighted by atomic mass is 19.1. The zero-order valence-corrected chi connectivity index (χ0v) is 16.7. The van der Waals surface area contributed by atoms with Crippen LogP contribution in [0.15, 0.2) is 35.4 Å². The maximum Gasteiger partial charge on any atom is 0.352 e. The summed E-state index contributed by atoms with van der Waals surface area (Å²) in [5.41, 5.74) is -0.0406. The second-order valence-electron chi connectivity index (χ2n) is 8.56. The zero-order chi connectivity index (χ0) is 21.3. The molecule has 4 aliphatic rings. The van der Waals surface area contributed by atoms with Crippen LogP contribution < -0.4 is 20.1 Å². The van der Waals surface area contributed by atoms with Gasteiger partial charge in [0.15, 0.2) is 23.1 Å². The van der Waals surface area contributed by atoms with Gasteiger partial charge in [0.2, 0.25) is 5.88 Å². The van der Waals surface area contributed by atoms with Crippen LogP contribution in [0.5, 0.6) is 17.4 Å². The standard InChI is InChI=1S/C21H19F2N5O3/c1-26-9-14(7-24-26)31-19-15(22)2-12(3-16(19)23)10-30-17-4-18-27(20(29)25-17)11-21-5-13(6-21)8-28(18)21/h2-4,7,9,13H,5-6,8,10-11H2,1H3. The van der Waals surface area contributed by atoms with Crippen LogP contribution in [0.2, 0.25) is 0 Å². The van der Waals surface area contributed by atoms with Gasteiger partial charge in [-0.1, -0.05) is 0 Å². The number of anilines is 1. The lowest BCUT2D eigenvalue weighted by molar-refractivity contribution is 0.229. The van der Waals surface area contributed by atoms with Gasteiger partial charge >= 0.3 is 5.69 Å². The van der Waals surface area contributed by atoms with Crippen molar-refractivity contribution < 1.29 is 18.3 Å². The smallest absolute Gasteiger partial charge is 0.352 e. The minimum Gasteiger partial charge on any atom is -0.473 e. The monoisotopic (exact) mass is 427 g/mol. The van der Waals surface area contributed by atoms with Crippen LogP contribution in [-0.4, -0.2) is 31.4 Å². The van der Waals surface area contributed by atoms with E-state index in [2.05, 4.69) is 15.0 Å². The fourth-order valence-corrected chi connectivity index (χ4v) is 5.10. The van der Waals surface area contributed by atoms with Gasteiger partial charge in [0, 0.05) is 19.7 Å². The number of hydrogen-bond donors (Lipinski definition) is 0. The molecule has 0 unspecified atom stereocenters. The number of rotatable bonds is 5. The molecule has 160 valence electrons. The molecule has 3 fully saturated rings. The molecule has 1 aromatic carbocycles. The molecular weight excluding hydrogens is 408 g/mol. The Morgan fingerprint density at radius 1 is 1.23 bits per heavy atom. The van der Waals surface area contributed by atoms with E-state index in [1.54, 1.807) is 17.7 Å². The average molecular weight is 427 g/mol. The summed E-state index contributed by atoms with van der Waals surface area (Å²) >= 11 is 0. The van der Waals surface area contributed by atoms with Crippen LogP contribution in [0.3, 0.4) is 0 Å². The van der Waals surface area contributed by atoms with Gasteiger partial charge in [-0.2, -0.15) is 10.1 Å². The number of benzene rings is 1. The molecule has 1 aliphatic carbocycles. The topological polar surface area (TPSA) is 74.4 Å². The highest BCUT2D eigenvalue weighted by molar-refractivity contribution is 5.54. The maximum atomic E-state index is 14.4. The third-order valence-corrected chi connectivity index (χ3v) is 6.39. The number of hydrogen-bond acceptors (Lipinski definition) is 6. The Balaban J connectivity index is 1.21. The summed E-state index contributed by atoms with van der Waals surface area (Å²) in [6.45, 7) is 1.47. The second kappa shape index (κ2) is 6.29. The number of ether oxygens (including phenoxy) is 2. The van der Waals surface area contributed by atoms with Gasteiger partial charge in [-0.05, 0) is 36.5 Å². The first kappa shape index (κ1) is 18.3. The van der Waals surface area contributed by atoms with Crippen LogP contribution in [0.25, 0.3) is 0 Å². The van der Waals surface area contributed by atoms with Crippen LogP contribution in [-0.2, 0) is 20.2 Å². The minimum absolute atomic E-state index is 0.0630. The predicted octanol–water partition coefficient (Wildman–Crippen LogP) is 2.61. The fourth-order valence-electron chi connectivity index (χ4n) is 5.10. The van der Waals surface area contributed by atoms with E-state index in [1.165, 1.54) is 17.1 Å². The summed E-state index contributed by atoms with van der Waals surface area (Å²) in [4.78, 5) is 18.7. The van der Waals surface area contributed by atoms with E-state index in [0.29, 0.717) is 12.5 Å². The molecule has 5 heterocycles. The Hall–Kier alpha value is -3.43. The Bertz CT molecular complexity index is 1240. The molecule has 0 atom stereocenters. The number of aromatic nitrogens is 4. The maximum absolute atomic E-state index is 14.4. The molecule has 7 rings (SSSR count). The van der Waals surface area contributed by atoms with Crippen LogP contribution in [0.1, 0.15) is 18.4 Å². The summed E-state index contributed by atoms with van der Waals surface area (Å²) in [6, 6.07) is 4.02. The number of nitrogens with zero attached hydrogens (tertiary/aromatic N) is 5. The highest BCUT2D eigenvalue weighted by Crippen LogP contribution is 2.56. The van der Waals surface area contributed by atoms with Crippen molar-refractivity contribution in [3.63, 3.8) is 0 Å². The van der Waals surface area contributed by atoms with Crippen molar-refractivity contribution in [1.29, 1.82) is 0 Å².